The van der Waals surface area contributed by atoms with Crippen molar-refractivity contribution in [2.75, 3.05) is 0 Å². The number of alkyl halides is 1. The zero-order valence-corrected chi connectivity index (χ0v) is 22.1. The van der Waals surface area contributed by atoms with E-state index < -0.39 is 6.17 Å². The van der Waals surface area contributed by atoms with Crippen molar-refractivity contribution in [1.29, 1.82) is 0 Å². The number of rotatable bonds is 8. The van der Waals surface area contributed by atoms with Gasteiger partial charge < -0.3 is 5.11 Å². The van der Waals surface area contributed by atoms with Crippen molar-refractivity contribution in [2.24, 2.45) is 11.8 Å². The van der Waals surface area contributed by atoms with Crippen molar-refractivity contribution < 1.29 is 9.50 Å². The van der Waals surface area contributed by atoms with Crippen molar-refractivity contribution in [3.63, 3.8) is 0 Å². The molecule has 1 N–H and O–H groups in total. The third kappa shape index (κ3) is 7.90. The van der Waals surface area contributed by atoms with Gasteiger partial charge in [0.05, 0.1) is 6.10 Å². The lowest BCUT2D eigenvalue weighted by Gasteiger charge is -2.13. The van der Waals surface area contributed by atoms with E-state index in [1.165, 1.54) is 20.9 Å². The molecule has 2 unspecified atom stereocenters. The van der Waals surface area contributed by atoms with Crippen molar-refractivity contribution >= 4 is 22.7 Å². The van der Waals surface area contributed by atoms with E-state index in [9.17, 15) is 9.50 Å². The van der Waals surface area contributed by atoms with Gasteiger partial charge in [-0.3, -0.25) is 0 Å². The molecule has 0 saturated heterocycles. The molecule has 4 rings (SSSR count). The summed E-state index contributed by atoms with van der Waals surface area (Å²) in [4.78, 5) is 2.51. The Morgan fingerprint density at radius 1 is 0.647 bits per heavy atom. The first kappa shape index (κ1) is 26.3. The Morgan fingerprint density at radius 2 is 1.09 bits per heavy atom. The minimum absolute atomic E-state index is 0.340. The Bertz CT molecular complexity index is 976. The van der Waals surface area contributed by atoms with Crippen LogP contribution in [0.1, 0.15) is 63.9 Å². The van der Waals surface area contributed by atoms with Crippen molar-refractivity contribution in [2.45, 2.75) is 52.8 Å². The van der Waals surface area contributed by atoms with Gasteiger partial charge in [-0.25, -0.2) is 4.39 Å². The third-order valence-corrected chi connectivity index (χ3v) is 7.39. The van der Waals surface area contributed by atoms with Gasteiger partial charge in [0.15, 0.2) is 0 Å². The van der Waals surface area contributed by atoms with E-state index in [1.54, 1.807) is 22.7 Å². The summed E-state index contributed by atoms with van der Waals surface area (Å²) in [7, 11) is 0. The predicted molar refractivity (Wildman–Crippen MR) is 147 cm³/mol. The average molecular weight is 495 g/mol. The van der Waals surface area contributed by atoms with Gasteiger partial charge in [0.1, 0.15) is 6.17 Å². The summed E-state index contributed by atoms with van der Waals surface area (Å²) < 4.78 is 13.9. The highest BCUT2D eigenvalue weighted by Crippen LogP contribution is 2.30. The van der Waals surface area contributed by atoms with Gasteiger partial charge in [-0.15, -0.1) is 22.7 Å². The highest BCUT2D eigenvalue weighted by atomic mass is 32.1. The van der Waals surface area contributed by atoms with Crippen LogP contribution in [0.4, 0.5) is 4.39 Å². The van der Waals surface area contributed by atoms with Crippen molar-refractivity contribution in [3.05, 3.63) is 94.7 Å². The molecule has 0 fully saturated rings. The van der Waals surface area contributed by atoms with Crippen LogP contribution in [0, 0.1) is 11.8 Å². The summed E-state index contributed by atoms with van der Waals surface area (Å²) in [5, 5.41) is 14.2. The van der Waals surface area contributed by atoms with Crippen molar-refractivity contribution in [3.8, 4) is 20.9 Å². The van der Waals surface area contributed by atoms with E-state index in [2.05, 4.69) is 54.9 Å². The first-order chi connectivity index (χ1) is 16.3. The van der Waals surface area contributed by atoms with Crippen LogP contribution < -0.4 is 0 Å². The molecule has 2 aromatic heterocycles. The number of hydrogen-bond acceptors (Lipinski definition) is 3. The van der Waals surface area contributed by atoms with Crippen LogP contribution in [0.25, 0.3) is 20.9 Å². The van der Waals surface area contributed by atoms with Crippen LogP contribution in [-0.4, -0.2) is 5.11 Å². The second-order valence-electron chi connectivity index (χ2n) is 9.44. The van der Waals surface area contributed by atoms with Crippen LogP contribution in [0.5, 0.6) is 0 Å². The first-order valence-electron chi connectivity index (χ1n) is 11.9. The molecular formula is C30H35FOS2. The lowest BCUT2D eigenvalue weighted by atomic mass is 9.98. The molecule has 0 amide bonds. The number of hydrogen-bond donors (Lipinski definition) is 1. The summed E-state index contributed by atoms with van der Waals surface area (Å²) >= 11 is 3.45. The van der Waals surface area contributed by atoms with Gasteiger partial charge in [-0.05, 0) is 69.8 Å². The van der Waals surface area contributed by atoms with Gasteiger partial charge in [0.2, 0.25) is 0 Å². The number of halogens is 1. The molecule has 0 saturated carbocycles. The Hall–Kier alpha value is -2.27. The molecule has 4 heteroatoms. The van der Waals surface area contributed by atoms with Gasteiger partial charge in [-0.2, -0.15) is 0 Å². The zero-order valence-electron chi connectivity index (χ0n) is 20.4. The SMILES string of the molecule is CC(C)CC(F)c1ccc(-c2cccs2)cc1.CC(C)CC(O)c1ccc(-c2cccs2)cc1. The van der Waals surface area contributed by atoms with Crippen molar-refractivity contribution in [1.82, 2.24) is 0 Å². The van der Waals surface area contributed by atoms with E-state index in [1.807, 2.05) is 56.3 Å². The summed E-state index contributed by atoms with van der Waals surface area (Å²) in [5.74, 6) is 0.906. The van der Waals surface area contributed by atoms with E-state index >= 15 is 0 Å². The molecule has 0 bridgehead atoms. The maximum Gasteiger partial charge on any atom is 0.125 e. The maximum absolute atomic E-state index is 13.9. The van der Waals surface area contributed by atoms with Crippen LogP contribution >= 0.6 is 22.7 Å². The van der Waals surface area contributed by atoms with Gasteiger partial charge in [0.25, 0.3) is 0 Å². The molecule has 2 heterocycles. The second kappa shape index (κ2) is 13.0. The smallest absolute Gasteiger partial charge is 0.125 e. The number of aliphatic hydroxyl groups excluding tert-OH is 1. The lowest BCUT2D eigenvalue weighted by molar-refractivity contribution is 0.151. The number of thiophene rings is 2. The summed E-state index contributed by atoms with van der Waals surface area (Å²) in [6, 6.07) is 24.4. The predicted octanol–water partition coefficient (Wildman–Crippen LogP) is 9.97. The monoisotopic (exact) mass is 494 g/mol. The van der Waals surface area contributed by atoms with Crippen LogP contribution in [0.15, 0.2) is 83.6 Å². The van der Waals surface area contributed by atoms with Gasteiger partial charge >= 0.3 is 0 Å². The summed E-state index contributed by atoms with van der Waals surface area (Å²) in [6.07, 6.45) is 0.233. The van der Waals surface area contributed by atoms with Gasteiger partial charge in [-0.1, -0.05) is 88.4 Å². The van der Waals surface area contributed by atoms with Crippen LogP contribution in [-0.2, 0) is 0 Å². The molecule has 180 valence electrons. The molecule has 0 spiro atoms. The third-order valence-electron chi connectivity index (χ3n) is 5.55. The zero-order chi connectivity index (χ0) is 24.5. The fourth-order valence-electron chi connectivity index (χ4n) is 3.74. The molecule has 2 aromatic carbocycles. The minimum atomic E-state index is -0.840. The lowest BCUT2D eigenvalue weighted by Crippen LogP contribution is -2.01. The number of benzene rings is 2. The first-order valence-corrected chi connectivity index (χ1v) is 13.7. The molecule has 0 aliphatic carbocycles. The second-order valence-corrected chi connectivity index (χ2v) is 11.3. The Morgan fingerprint density at radius 3 is 1.47 bits per heavy atom. The standard InChI is InChI=1S/C15H17FS.C15H18OS/c2*1-11(2)10-14(16)12-5-7-13(8-6-12)15-4-3-9-17-15/h3-9,11,14H,10H2,1-2H3;3-9,11,14,16H,10H2,1-2H3. The summed E-state index contributed by atoms with van der Waals surface area (Å²) in [6.45, 7) is 8.35. The van der Waals surface area contributed by atoms with Gasteiger partial charge in [0, 0.05) is 9.75 Å². The highest BCUT2D eigenvalue weighted by Gasteiger charge is 2.12. The van der Waals surface area contributed by atoms with E-state index in [-0.39, 0.29) is 6.10 Å². The maximum atomic E-state index is 13.9. The Labute approximate surface area is 211 Å². The molecule has 1 nitrogen and oxygen atoms in total. The largest absolute Gasteiger partial charge is 0.388 e. The quantitative estimate of drug-likeness (QED) is 0.258. The fourth-order valence-corrected chi connectivity index (χ4v) is 5.21. The Kier molecular flexibility index (Phi) is 10.1. The number of aliphatic hydroxyl groups is 1. The molecule has 2 atom stereocenters. The summed E-state index contributed by atoms with van der Waals surface area (Å²) in [5.41, 5.74) is 4.19. The molecular weight excluding hydrogens is 459 g/mol. The normalized spacial score (nSPS) is 12.9. The molecule has 4 aromatic rings. The molecule has 0 aliphatic rings. The molecule has 34 heavy (non-hydrogen) atoms. The Balaban J connectivity index is 0.000000191. The molecule has 0 radical (unpaired) electrons. The average Bonchev–Trinajstić information content (AvgIpc) is 3.53. The van der Waals surface area contributed by atoms with Crippen LogP contribution in [0.3, 0.4) is 0 Å². The highest BCUT2D eigenvalue weighted by molar-refractivity contribution is 7.13. The van der Waals surface area contributed by atoms with E-state index in [4.69, 9.17) is 0 Å². The van der Waals surface area contributed by atoms with E-state index in [0.717, 1.165) is 17.5 Å². The van der Waals surface area contributed by atoms with E-state index in [0.29, 0.717) is 18.3 Å². The topological polar surface area (TPSA) is 20.2 Å². The minimum Gasteiger partial charge on any atom is -0.388 e. The fraction of sp³-hybridized carbons (Fsp3) is 0.333. The molecule has 0 aliphatic heterocycles. The van der Waals surface area contributed by atoms with Crippen LogP contribution in [0.2, 0.25) is 0 Å².